The quantitative estimate of drug-likeness (QED) is 0.759. The minimum absolute atomic E-state index is 0.0786. The molecule has 1 unspecified atom stereocenters. The molecule has 0 saturated heterocycles. The molecule has 0 bridgehead atoms. The highest BCUT2D eigenvalue weighted by molar-refractivity contribution is 7.17. The summed E-state index contributed by atoms with van der Waals surface area (Å²) in [6.45, 7) is 3.72. The van der Waals surface area contributed by atoms with Crippen LogP contribution in [0.1, 0.15) is 18.0 Å². The highest BCUT2D eigenvalue weighted by Crippen LogP contribution is 2.29. The van der Waals surface area contributed by atoms with Crippen molar-refractivity contribution < 1.29 is 0 Å². The van der Waals surface area contributed by atoms with E-state index in [1.165, 1.54) is 15.6 Å². The second kappa shape index (κ2) is 3.95. The monoisotopic (exact) mass is 203 g/mol. The van der Waals surface area contributed by atoms with Crippen LogP contribution in [-0.2, 0) is 0 Å². The van der Waals surface area contributed by atoms with Crippen molar-refractivity contribution in [1.29, 1.82) is 0 Å². The molecule has 0 radical (unpaired) electrons. The topological polar surface area (TPSA) is 26.0 Å². The SMILES string of the molecule is C=CCC(N)c1cccc2ccsc12. The number of hydrogen-bond donors (Lipinski definition) is 1. The van der Waals surface area contributed by atoms with Crippen molar-refractivity contribution in [3.8, 4) is 0 Å². The zero-order chi connectivity index (χ0) is 9.97. The zero-order valence-electron chi connectivity index (χ0n) is 7.94. The van der Waals surface area contributed by atoms with E-state index in [0.29, 0.717) is 0 Å². The van der Waals surface area contributed by atoms with Gasteiger partial charge in [-0.25, -0.2) is 0 Å². The maximum Gasteiger partial charge on any atom is 0.0390 e. The lowest BCUT2D eigenvalue weighted by atomic mass is 10.0. The summed E-state index contributed by atoms with van der Waals surface area (Å²) in [5.74, 6) is 0. The Morgan fingerprint density at radius 1 is 1.43 bits per heavy atom. The highest BCUT2D eigenvalue weighted by atomic mass is 32.1. The Bertz CT molecular complexity index is 444. The molecule has 2 heteroatoms. The maximum atomic E-state index is 6.07. The van der Waals surface area contributed by atoms with Gasteiger partial charge in [-0.3, -0.25) is 0 Å². The highest BCUT2D eigenvalue weighted by Gasteiger charge is 2.08. The van der Waals surface area contributed by atoms with E-state index < -0.39 is 0 Å². The molecule has 1 atom stereocenters. The van der Waals surface area contributed by atoms with E-state index in [-0.39, 0.29) is 6.04 Å². The summed E-state index contributed by atoms with van der Waals surface area (Å²) in [6.07, 6.45) is 2.70. The van der Waals surface area contributed by atoms with Crippen LogP contribution < -0.4 is 5.73 Å². The maximum absolute atomic E-state index is 6.07. The van der Waals surface area contributed by atoms with Gasteiger partial charge in [0.25, 0.3) is 0 Å². The predicted molar refractivity (Wildman–Crippen MR) is 63.6 cm³/mol. The summed E-state index contributed by atoms with van der Waals surface area (Å²) in [4.78, 5) is 0. The average Bonchev–Trinajstić information content (AvgIpc) is 2.65. The van der Waals surface area contributed by atoms with Crippen molar-refractivity contribution >= 4 is 21.4 Å². The van der Waals surface area contributed by atoms with Gasteiger partial charge >= 0.3 is 0 Å². The normalized spacial score (nSPS) is 12.9. The zero-order valence-corrected chi connectivity index (χ0v) is 8.76. The fourth-order valence-corrected chi connectivity index (χ4v) is 2.59. The summed E-state index contributed by atoms with van der Waals surface area (Å²) in [5, 5.41) is 3.39. The molecule has 14 heavy (non-hydrogen) atoms. The number of fused-ring (bicyclic) bond motifs is 1. The van der Waals surface area contributed by atoms with E-state index in [2.05, 4.69) is 36.2 Å². The van der Waals surface area contributed by atoms with Crippen LogP contribution >= 0.6 is 11.3 Å². The summed E-state index contributed by atoms with van der Waals surface area (Å²) in [6, 6.07) is 8.50. The van der Waals surface area contributed by atoms with Crippen molar-refractivity contribution in [3.63, 3.8) is 0 Å². The molecule has 0 aliphatic rings. The number of rotatable bonds is 3. The van der Waals surface area contributed by atoms with E-state index in [4.69, 9.17) is 5.73 Å². The molecule has 0 fully saturated rings. The Morgan fingerprint density at radius 3 is 3.07 bits per heavy atom. The summed E-state index contributed by atoms with van der Waals surface area (Å²) in [7, 11) is 0. The van der Waals surface area contributed by atoms with Gasteiger partial charge in [0.15, 0.2) is 0 Å². The van der Waals surface area contributed by atoms with E-state index in [1.54, 1.807) is 11.3 Å². The van der Waals surface area contributed by atoms with Crippen LogP contribution in [0.15, 0.2) is 42.3 Å². The van der Waals surface area contributed by atoms with Gasteiger partial charge in [0, 0.05) is 10.7 Å². The van der Waals surface area contributed by atoms with E-state index in [0.717, 1.165) is 6.42 Å². The van der Waals surface area contributed by atoms with Crippen LogP contribution in [0.5, 0.6) is 0 Å². The van der Waals surface area contributed by atoms with Crippen LogP contribution in [0.25, 0.3) is 10.1 Å². The Labute approximate surface area is 87.9 Å². The summed E-state index contributed by atoms with van der Waals surface area (Å²) < 4.78 is 1.31. The minimum Gasteiger partial charge on any atom is -0.324 e. The summed E-state index contributed by atoms with van der Waals surface area (Å²) in [5.41, 5.74) is 7.30. The lowest BCUT2D eigenvalue weighted by Crippen LogP contribution is -2.08. The number of nitrogens with two attached hydrogens (primary N) is 1. The third-order valence-electron chi connectivity index (χ3n) is 2.33. The fraction of sp³-hybridized carbons (Fsp3) is 0.167. The van der Waals surface area contributed by atoms with Gasteiger partial charge in [-0.2, -0.15) is 0 Å². The molecule has 0 aliphatic carbocycles. The van der Waals surface area contributed by atoms with Gasteiger partial charge in [-0.15, -0.1) is 17.9 Å². The molecule has 1 aromatic carbocycles. The van der Waals surface area contributed by atoms with Gasteiger partial charge in [0.2, 0.25) is 0 Å². The van der Waals surface area contributed by atoms with Gasteiger partial charge in [0.05, 0.1) is 0 Å². The molecule has 1 heterocycles. The molecule has 2 rings (SSSR count). The Hall–Kier alpha value is -1.12. The predicted octanol–water partition coefficient (Wildman–Crippen LogP) is 3.48. The molecular formula is C12H13NS. The standard InChI is InChI=1S/C12H13NS/c1-2-4-11(13)10-6-3-5-9-7-8-14-12(9)10/h2-3,5-8,11H,1,4,13H2. The smallest absolute Gasteiger partial charge is 0.0390 e. The van der Waals surface area contributed by atoms with Crippen LogP contribution in [0, 0.1) is 0 Å². The average molecular weight is 203 g/mol. The third-order valence-corrected chi connectivity index (χ3v) is 3.31. The van der Waals surface area contributed by atoms with Gasteiger partial charge in [0.1, 0.15) is 0 Å². The van der Waals surface area contributed by atoms with Crippen molar-refractivity contribution in [2.45, 2.75) is 12.5 Å². The number of thiophene rings is 1. The molecular weight excluding hydrogens is 190 g/mol. The molecule has 2 aromatic rings. The van der Waals surface area contributed by atoms with Crippen LogP contribution in [-0.4, -0.2) is 0 Å². The number of benzene rings is 1. The molecule has 1 aromatic heterocycles. The minimum atomic E-state index is 0.0786. The molecule has 1 nitrogen and oxygen atoms in total. The van der Waals surface area contributed by atoms with E-state index >= 15 is 0 Å². The second-order valence-corrected chi connectivity index (χ2v) is 4.23. The molecule has 0 aliphatic heterocycles. The molecule has 0 spiro atoms. The van der Waals surface area contributed by atoms with E-state index in [1.807, 2.05) is 6.08 Å². The first-order valence-electron chi connectivity index (χ1n) is 4.65. The molecule has 72 valence electrons. The first kappa shape index (κ1) is 9.44. The Balaban J connectivity index is 2.50. The van der Waals surface area contributed by atoms with Gasteiger partial charge in [-0.05, 0) is 28.8 Å². The van der Waals surface area contributed by atoms with Crippen LogP contribution in [0.4, 0.5) is 0 Å². The summed E-state index contributed by atoms with van der Waals surface area (Å²) >= 11 is 1.75. The largest absolute Gasteiger partial charge is 0.324 e. The first-order chi connectivity index (χ1) is 6.83. The van der Waals surface area contributed by atoms with Crippen molar-refractivity contribution in [1.82, 2.24) is 0 Å². The van der Waals surface area contributed by atoms with Gasteiger partial charge in [-0.1, -0.05) is 24.3 Å². The van der Waals surface area contributed by atoms with Crippen molar-refractivity contribution in [2.24, 2.45) is 5.73 Å². The molecule has 0 amide bonds. The lowest BCUT2D eigenvalue weighted by molar-refractivity contribution is 0.749. The fourth-order valence-electron chi connectivity index (χ4n) is 1.61. The lowest BCUT2D eigenvalue weighted by Gasteiger charge is -2.10. The number of hydrogen-bond acceptors (Lipinski definition) is 2. The van der Waals surface area contributed by atoms with Crippen LogP contribution in [0.2, 0.25) is 0 Å². The Kier molecular flexibility index (Phi) is 2.66. The van der Waals surface area contributed by atoms with Crippen molar-refractivity contribution in [2.75, 3.05) is 0 Å². The molecule has 0 saturated carbocycles. The third kappa shape index (κ3) is 1.59. The van der Waals surface area contributed by atoms with Gasteiger partial charge < -0.3 is 5.73 Å². The van der Waals surface area contributed by atoms with Crippen LogP contribution in [0.3, 0.4) is 0 Å². The second-order valence-electron chi connectivity index (χ2n) is 3.32. The first-order valence-corrected chi connectivity index (χ1v) is 5.53. The van der Waals surface area contributed by atoms with Crippen molar-refractivity contribution in [3.05, 3.63) is 47.9 Å². The Morgan fingerprint density at radius 2 is 2.29 bits per heavy atom. The van der Waals surface area contributed by atoms with E-state index in [9.17, 15) is 0 Å². The molecule has 2 N–H and O–H groups in total.